The van der Waals surface area contributed by atoms with Gasteiger partial charge >= 0.3 is 11.4 Å². The van der Waals surface area contributed by atoms with Crippen molar-refractivity contribution in [2.24, 2.45) is 5.73 Å². The fourth-order valence-corrected chi connectivity index (χ4v) is 1.53. The predicted molar refractivity (Wildman–Crippen MR) is 65.8 cm³/mol. The number of rotatable bonds is 3. The summed E-state index contributed by atoms with van der Waals surface area (Å²) in [6, 6.07) is 5.16. The molecule has 0 fully saturated rings. The number of H-pyrrole nitrogens is 1. The van der Waals surface area contributed by atoms with E-state index in [4.69, 9.17) is 5.73 Å². The molecule has 2 rings (SSSR count). The number of aromatic amines is 1. The summed E-state index contributed by atoms with van der Waals surface area (Å²) in [6.45, 7) is 0.583. The minimum atomic E-state index is -0.742. The van der Waals surface area contributed by atoms with Crippen molar-refractivity contribution in [3.63, 3.8) is 0 Å². The third kappa shape index (κ3) is 2.51. The van der Waals surface area contributed by atoms with E-state index in [9.17, 15) is 9.59 Å². The predicted octanol–water partition coefficient (Wildman–Crippen LogP) is 0.843. The molecule has 3 N–H and O–H groups in total. The molecule has 0 radical (unpaired) electrons. The molecule has 2 aromatic rings. The fourth-order valence-electron chi connectivity index (χ4n) is 1.53. The average Bonchev–Trinajstić information content (AvgIpc) is 2.30. The fraction of sp³-hybridized carbons (Fsp3) is 0.167. The lowest BCUT2D eigenvalue weighted by Gasteiger charge is -1.97. The average molecular weight is 232 g/mol. The normalized spacial score (nSPS) is 11.4. The third-order valence-electron chi connectivity index (χ3n) is 2.33. The Morgan fingerprint density at radius 2 is 2.18 bits per heavy atom. The summed E-state index contributed by atoms with van der Waals surface area (Å²) < 4.78 is 4.46. The molecule has 0 aliphatic heterocycles. The molecule has 1 heterocycles. The summed E-state index contributed by atoms with van der Waals surface area (Å²) in [7, 11) is 0. The van der Waals surface area contributed by atoms with Crippen LogP contribution < -0.4 is 17.1 Å². The van der Waals surface area contributed by atoms with Crippen molar-refractivity contribution in [2.45, 2.75) is 6.42 Å². The first kappa shape index (κ1) is 11.3. The lowest BCUT2D eigenvalue weighted by Crippen LogP contribution is -2.14. The summed E-state index contributed by atoms with van der Waals surface area (Å²) >= 11 is 0. The first-order valence-electron chi connectivity index (χ1n) is 5.24. The van der Waals surface area contributed by atoms with E-state index >= 15 is 0 Å². The van der Waals surface area contributed by atoms with E-state index in [-0.39, 0.29) is 0 Å². The van der Waals surface area contributed by atoms with Gasteiger partial charge in [0.2, 0.25) is 0 Å². The smallest absolute Gasteiger partial charge is 0.372 e. The Balaban J connectivity index is 2.51. The molecule has 0 aliphatic rings. The highest BCUT2D eigenvalue weighted by Gasteiger charge is 2.02. The summed E-state index contributed by atoms with van der Waals surface area (Å²) in [6.07, 6.45) is 4.57. The van der Waals surface area contributed by atoms with Crippen molar-refractivity contribution in [1.82, 2.24) is 4.98 Å². The van der Waals surface area contributed by atoms with Crippen molar-refractivity contribution in [1.29, 1.82) is 0 Å². The molecule has 0 unspecified atom stereocenters. The lowest BCUT2D eigenvalue weighted by atomic mass is 10.1. The van der Waals surface area contributed by atoms with Crippen molar-refractivity contribution in [3.8, 4) is 0 Å². The molecule has 0 atom stereocenters. The second-order valence-electron chi connectivity index (χ2n) is 3.59. The highest BCUT2D eigenvalue weighted by Crippen LogP contribution is 2.10. The van der Waals surface area contributed by atoms with E-state index in [0.717, 1.165) is 12.0 Å². The maximum atomic E-state index is 11.5. The molecule has 88 valence electrons. The van der Waals surface area contributed by atoms with Gasteiger partial charge in [0, 0.05) is 0 Å². The highest BCUT2D eigenvalue weighted by molar-refractivity contribution is 5.79. The van der Waals surface area contributed by atoms with Gasteiger partial charge in [-0.25, -0.2) is 9.59 Å². The van der Waals surface area contributed by atoms with Crippen LogP contribution in [-0.4, -0.2) is 11.5 Å². The van der Waals surface area contributed by atoms with Crippen LogP contribution in [0.25, 0.3) is 17.0 Å². The number of hydrogen-bond acceptors (Lipinski definition) is 4. The van der Waals surface area contributed by atoms with Crippen molar-refractivity contribution >= 4 is 17.0 Å². The van der Waals surface area contributed by atoms with Gasteiger partial charge in [-0.3, -0.25) is 4.98 Å². The van der Waals surface area contributed by atoms with Crippen molar-refractivity contribution in [3.05, 3.63) is 50.8 Å². The Hall–Kier alpha value is -2.14. The quantitative estimate of drug-likeness (QED) is 0.820. The van der Waals surface area contributed by atoms with Crippen molar-refractivity contribution < 1.29 is 4.42 Å². The van der Waals surface area contributed by atoms with Crippen LogP contribution in [0, 0.1) is 0 Å². The number of nitrogens with one attached hydrogen (secondary N) is 1. The zero-order valence-electron chi connectivity index (χ0n) is 9.10. The van der Waals surface area contributed by atoms with Gasteiger partial charge in [0.05, 0.1) is 10.9 Å². The van der Waals surface area contributed by atoms with Gasteiger partial charge in [-0.05, 0) is 30.7 Å². The Kier molecular flexibility index (Phi) is 3.20. The molecule has 0 saturated heterocycles. The first-order chi connectivity index (χ1) is 8.20. The van der Waals surface area contributed by atoms with Crippen LogP contribution in [0.1, 0.15) is 12.0 Å². The third-order valence-corrected chi connectivity index (χ3v) is 2.33. The molecule has 1 aromatic carbocycles. The lowest BCUT2D eigenvalue weighted by molar-refractivity contribution is 0.460. The monoisotopic (exact) mass is 232 g/mol. The maximum Gasteiger partial charge on any atom is 0.419 e. The van der Waals surface area contributed by atoms with Crippen LogP contribution in [0.15, 0.2) is 38.3 Å². The maximum absolute atomic E-state index is 11.5. The SMILES string of the molecule is NCCC=Cc1ccc2[nH]c(=O)oc(=O)c2c1. The van der Waals surface area contributed by atoms with Crippen LogP contribution >= 0.6 is 0 Å². The van der Waals surface area contributed by atoms with Gasteiger partial charge in [-0.2, -0.15) is 0 Å². The molecule has 0 spiro atoms. The van der Waals surface area contributed by atoms with E-state index in [0.29, 0.717) is 17.4 Å². The minimum absolute atomic E-state index is 0.361. The van der Waals surface area contributed by atoms with E-state index < -0.39 is 11.4 Å². The number of aromatic nitrogens is 1. The molecule has 5 nitrogen and oxygen atoms in total. The summed E-state index contributed by atoms with van der Waals surface area (Å²) in [5, 5.41) is 0.361. The Morgan fingerprint density at radius 3 is 2.94 bits per heavy atom. The Labute approximate surface area is 96.6 Å². The van der Waals surface area contributed by atoms with Gasteiger partial charge in [-0.15, -0.1) is 0 Å². The first-order valence-corrected chi connectivity index (χ1v) is 5.24. The van der Waals surface area contributed by atoms with Gasteiger partial charge < -0.3 is 10.2 Å². The molecule has 0 aliphatic carbocycles. The molecule has 0 saturated carbocycles. The molecule has 17 heavy (non-hydrogen) atoms. The largest absolute Gasteiger partial charge is 0.419 e. The standard InChI is InChI=1S/C12H12N2O3/c13-6-2-1-3-8-4-5-10-9(7-8)11(15)17-12(16)14-10/h1,3-5,7H,2,6,13H2,(H,14,16). The Morgan fingerprint density at radius 1 is 1.35 bits per heavy atom. The van der Waals surface area contributed by atoms with Crippen molar-refractivity contribution in [2.75, 3.05) is 6.54 Å². The molecule has 5 heteroatoms. The zero-order chi connectivity index (χ0) is 12.3. The van der Waals surface area contributed by atoms with E-state index in [1.807, 2.05) is 18.2 Å². The molecule has 1 aromatic heterocycles. The van der Waals surface area contributed by atoms with Gasteiger partial charge in [0.15, 0.2) is 0 Å². The second-order valence-corrected chi connectivity index (χ2v) is 3.59. The number of benzene rings is 1. The van der Waals surface area contributed by atoms with Gasteiger partial charge in [0.25, 0.3) is 0 Å². The highest BCUT2D eigenvalue weighted by atomic mass is 16.4. The number of fused-ring (bicyclic) bond motifs is 1. The number of nitrogens with two attached hydrogens (primary N) is 1. The van der Waals surface area contributed by atoms with E-state index in [2.05, 4.69) is 9.40 Å². The van der Waals surface area contributed by atoms with Crippen LogP contribution in [0.5, 0.6) is 0 Å². The van der Waals surface area contributed by atoms with Crippen LogP contribution in [0.3, 0.4) is 0 Å². The van der Waals surface area contributed by atoms with Gasteiger partial charge in [-0.1, -0.05) is 18.2 Å². The summed E-state index contributed by atoms with van der Waals surface area (Å²) in [5.41, 5.74) is 6.08. The second kappa shape index (κ2) is 4.80. The summed E-state index contributed by atoms with van der Waals surface area (Å²) in [5.74, 6) is -0.742. The number of hydrogen-bond donors (Lipinski definition) is 2. The van der Waals surface area contributed by atoms with E-state index in [1.165, 1.54) is 0 Å². The minimum Gasteiger partial charge on any atom is -0.372 e. The Bertz CT molecular complexity index is 667. The molecular formula is C12H12N2O3. The van der Waals surface area contributed by atoms with E-state index in [1.54, 1.807) is 12.1 Å². The van der Waals surface area contributed by atoms with Gasteiger partial charge in [0.1, 0.15) is 0 Å². The zero-order valence-corrected chi connectivity index (χ0v) is 9.10. The molecule has 0 bridgehead atoms. The molecular weight excluding hydrogens is 220 g/mol. The van der Waals surface area contributed by atoms with Crippen LogP contribution in [0.2, 0.25) is 0 Å². The van der Waals surface area contributed by atoms with Crippen LogP contribution in [-0.2, 0) is 0 Å². The van der Waals surface area contributed by atoms with Crippen LogP contribution in [0.4, 0.5) is 0 Å². The topological polar surface area (TPSA) is 89.1 Å². The molecule has 0 amide bonds. The summed E-state index contributed by atoms with van der Waals surface area (Å²) in [4.78, 5) is 24.9.